The van der Waals surface area contributed by atoms with E-state index in [1.807, 2.05) is 6.20 Å². The van der Waals surface area contributed by atoms with Gasteiger partial charge in [-0.3, -0.25) is 0 Å². The van der Waals surface area contributed by atoms with Crippen molar-refractivity contribution in [2.45, 2.75) is 59.5 Å². The van der Waals surface area contributed by atoms with Gasteiger partial charge in [-0.25, -0.2) is 4.98 Å². The molecule has 3 heteroatoms. The topological polar surface area (TPSA) is 21.1 Å². The second-order valence-electron chi connectivity index (χ2n) is 10.2. The summed E-state index contributed by atoms with van der Waals surface area (Å²) in [5.41, 5.74) is 9.71. The second kappa shape index (κ2) is 7.81. The van der Waals surface area contributed by atoms with Gasteiger partial charge in [-0.1, -0.05) is 69.3 Å². The lowest BCUT2D eigenvalue weighted by Gasteiger charge is -2.30. The van der Waals surface area contributed by atoms with E-state index in [0.717, 1.165) is 31.9 Å². The molecule has 1 aliphatic rings. The van der Waals surface area contributed by atoms with Crippen LogP contribution in [-0.4, -0.2) is 16.1 Å². The van der Waals surface area contributed by atoms with Crippen molar-refractivity contribution in [1.82, 2.24) is 9.55 Å². The minimum atomic E-state index is 0.173. The zero-order valence-corrected chi connectivity index (χ0v) is 19.9. The lowest BCUT2D eigenvalue weighted by atomic mass is 9.87. The highest BCUT2D eigenvalue weighted by molar-refractivity contribution is 5.93. The molecule has 0 spiro atoms. The van der Waals surface area contributed by atoms with Crippen molar-refractivity contribution < 1.29 is 0 Å². The molecule has 4 aromatic rings. The molecule has 0 N–H and O–H groups in total. The first-order valence-corrected chi connectivity index (χ1v) is 11.7. The first-order chi connectivity index (χ1) is 15.3. The van der Waals surface area contributed by atoms with Crippen molar-refractivity contribution in [3.63, 3.8) is 0 Å². The van der Waals surface area contributed by atoms with E-state index in [0.29, 0.717) is 0 Å². The summed E-state index contributed by atoms with van der Waals surface area (Å²) in [6.07, 6.45) is 3.05. The molecule has 0 radical (unpaired) electrons. The highest BCUT2D eigenvalue weighted by atomic mass is 15.2. The molecule has 2 aromatic carbocycles. The fourth-order valence-corrected chi connectivity index (χ4v) is 4.97. The molecular weight excluding hydrogens is 390 g/mol. The maximum atomic E-state index is 4.91. The molecule has 5 rings (SSSR count). The summed E-state index contributed by atoms with van der Waals surface area (Å²) in [4.78, 5) is 7.37. The van der Waals surface area contributed by atoms with E-state index < -0.39 is 0 Å². The number of hydrogen-bond donors (Lipinski definition) is 0. The van der Waals surface area contributed by atoms with Crippen LogP contribution in [0.1, 0.15) is 54.3 Å². The Morgan fingerprint density at radius 3 is 2.34 bits per heavy atom. The minimum Gasteiger partial charge on any atom is -0.350 e. The highest BCUT2D eigenvalue weighted by Gasteiger charge is 2.23. The Bertz CT molecular complexity index is 1270. The fourth-order valence-electron chi connectivity index (χ4n) is 4.97. The van der Waals surface area contributed by atoms with Crippen LogP contribution in [-0.2, 0) is 24.9 Å². The largest absolute Gasteiger partial charge is 0.350 e. The van der Waals surface area contributed by atoms with Crippen molar-refractivity contribution in [1.29, 1.82) is 0 Å². The molecule has 0 fully saturated rings. The van der Waals surface area contributed by atoms with Crippen LogP contribution < -0.4 is 4.90 Å². The third-order valence-electron chi connectivity index (χ3n) is 7.12. The third kappa shape index (κ3) is 3.60. The van der Waals surface area contributed by atoms with E-state index in [-0.39, 0.29) is 5.41 Å². The van der Waals surface area contributed by atoms with Gasteiger partial charge >= 0.3 is 0 Å². The number of fused-ring (bicyclic) bond motifs is 2. The first-order valence-electron chi connectivity index (χ1n) is 11.7. The van der Waals surface area contributed by atoms with Gasteiger partial charge in [-0.05, 0) is 59.6 Å². The van der Waals surface area contributed by atoms with Crippen molar-refractivity contribution in [2.75, 3.05) is 11.4 Å². The number of nitrogens with zero attached hydrogens (tertiary/aromatic N) is 3. The van der Waals surface area contributed by atoms with Gasteiger partial charge in [0.2, 0.25) is 0 Å². The Morgan fingerprint density at radius 1 is 0.906 bits per heavy atom. The molecule has 0 saturated heterocycles. The average molecular weight is 424 g/mol. The number of aryl methyl sites for hydroxylation is 1. The first kappa shape index (κ1) is 20.8. The molecule has 0 aliphatic carbocycles. The van der Waals surface area contributed by atoms with E-state index in [1.165, 1.54) is 44.4 Å². The maximum absolute atomic E-state index is 4.91. The summed E-state index contributed by atoms with van der Waals surface area (Å²) in [6.45, 7) is 14.1. The quantitative estimate of drug-likeness (QED) is 0.372. The summed E-state index contributed by atoms with van der Waals surface area (Å²) in [6, 6.07) is 20.1. The van der Waals surface area contributed by atoms with Gasteiger partial charge in [0.25, 0.3) is 0 Å². The molecule has 0 atom stereocenters. The number of rotatable bonds is 3. The van der Waals surface area contributed by atoms with Crippen LogP contribution in [0.15, 0.2) is 60.8 Å². The molecule has 0 unspecified atom stereocenters. The van der Waals surface area contributed by atoms with E-state index >= 15 is 0 Å². The smallest absolute Gasteiger partial charge is 0.153 e. The zero-order valence-electron chi connectivity index (χ0n) is 19.9. The second-order valence-corrected chi connectivity index (χ2v) is 10.2. The maximum Gasteiger partial charge on any atom is 0.153 e. The molecule has 0 amide bonds. The summed E-state index contributed by atoms with van der Waals surface area (Å²) in [5, 5.41) is 1.32. The fraction of sp³-hybridized carbons (Fsp3) is 0.345. The van der Waals surface area contributed by atoms with Crippen LogP contribution in [0.25, 0.3) is 10.9 Å². The van der Waals surface area contributed by atoms with E-state index in [4.69, 9.17) is 4.98 Å². The lowest BCUT2D eigenvalue weighted by Crippen LogP contribution is -2.31. The molecular formula is C29H33N3. The number of pyridine rings is 1. The van der Waals surface area contributed by atoms with Gasteiger partial charge < -0.3 is 9.47 Å². The molecule has 0 saturated carbocycles. The van der Waals surface area contributed by atoms with Crippen molar-refractivity contribution in [2.24, 2.45) is 0 Å². The van der Waals surface area contributed by atoms with Crippen LogP contribution >= 0.6 is 0 Å². The van der Waals surface area contributed by atoms with Crippen LogP contribution in [0.3, 0.4) is 0 Å². The average Bonchev–Trinajstić information content (AvgIpc) is 3.03. The number of aromatic nitrogens is 2. The van der Waals surface area contributed by atoms with Crippen molar-refractivity contribution in [3.05, 3.63) is 94.3 Å². The van der Waals surface area contributed by atoms with Crippen LogP contribution in [0.5, 0.6) is 0 Å². The summed E-state index contributed by atoms with van der Waals surface area (Å²) in [5.74, 6) is 1.11. The highest BCUT2D eigenvalue weighted by Crippen LogP contribution is 2.34. The minimum absolute atomic E-state index is 0.173. The Balaban J connectivity index is 1.56. The van der Waals surface area contributed by atoms with Gasteiger partial charge in [0, 0.05) is 36.9 Å². The lowest BCUT2D eigenvalue weighted by molar-refractivity contribution is 0.590. The number of benzene rings is 2. The zero-order chi connectivity index (χ0) is 22.5. The molecule has 3 heterocycles. The van der Waals surface area contributed by atoms with Gasteiger partial charge in [-0.15, -0.1) is 0 Å². The van der Waals surface area contributed by atoms with Gasteiger partial charge in [-0.2, -0.15) is 0 Å². The molecule has 2 aromatic heterocycles. The van der Waals surface area contributed by atoms with Crippen LogP contribution in [0, 0.1) is 13.8 Å². The number of anilines is 1. The predicted molar refractivity (Wildman–Crippen MR) is 135 cm³/mol. The van der Waals surface area contributed by atoms with Crippen molar-refractivity contribution in [3.8, 4) is 0 Å². The van der Waals surface area contributed by atoms with Gasteiger partial charge in [0.1, 0.15) is 0 Å². The molecule has 164 valence electrons. The van der Waals surface area contributed by atoms with E-state index in [9.17, 15) is 0 Å². The normalized spacial score (nSPS) is 14.1. The molecule has 32 heavy (non-hydrogen) atoms. The molecule has 0 bridgehead atoms. The van der Waals surface area contributed by atoms with Crippen molar-refractivity contribution >= 4 is 16.7 Å². The third-order valence-corrected chi connectivity index (χ3v) is 7.12. The van der Waals surface area contributed by atoms with E-state index in [2.05, 4.69) is 98.7 Å². The molecule has 3 nitrogen and oxygen atoms in total. The Kier molecular flexibility index (Phi) is 5.08. The standard InChI is InChI=1S/C29H33N3/c1-20-21(2)32(18-22-10-12-25(13-11-22)29(3,4)5)27-26(20)14-16-30-28(27)31-17-15-23-8-6-7-9-24(23)19-31/h6-14,16H,15,17-19H2,1-5H3. The van der Waals surface area contributed by atoms with Gasteiger partial charge in [0.15, 0.2) is 5.82 Å². The predicted octanol–water partition coefficient (Wildman–Crippen LogP) is 6.56. The summed E-state index contributed by atoms with van der Waals surface area (Å²) >= 11 is 0. The van der Waals surface area contributed by atoms with E-state index in [1.54, 1.807) is 0 Å². The van der Waals surface area contributed by atoms with Gasteiger partial charge in [0.05, 0.1) is 5.52 Å². The van der Waals surface area contributed by atoms with Crippen LogP contribution in [0.2, 0.25) is 0 Å². The Morgan fingerprint density at radius 2 is 1.62 bits per heavy atom. The Hall–Kier alpha value is -3.07. The number of hydrogen-bond acceptors (Lipinski definition) is 2. The SMILES string of the molecule is Cc1c(C)n(Cc2ccc(C(C)(C)C)cc2)c2c(N3CCc4ccccc4C3)nccc12. The van der Waals surface area contributed by atoms with Crippen LogP contribution in [0.4, 0.5) is 5.82 Å². The Labute approximate surface area is 191 Å². The molecule has 1 aliphatic heterocycles. The summed E-state index contributed by atoms with van der Waals surface area (Å²) < 4.78 is 2.47. The monoisotopic (exact) mass is 423 g/mol. The summed E-state index contributed by atoms with van der Waals surface area (Å²) in [7, 11) is 0.